The van der Waals surface area contributed by atoms with Gasteiger partial charge in [0.25, 0.3) is 0 Å². The van der Waals surface area contributed by atoms with E-state index >= 15 is 0 Å². The highest BCUT2D eigenvalue weighted by Gasteiger charge is 2.18. The van der Waals surface area contributed by atoms with Crippen molar-refractivity contribution in [1.29, 1.82) is 0 Å². The summed E-state index contributed by atoms with van der Waals surface area (Å²) in [5.74, 6) is 0.951. The van der Waals surface area contributed by atoms with Crippen LogP contribution in [0.2, 0.25) is 0 Å². The van der Waals surface area contributed by atoms with Gasteiger partial charge < -0.3 is 10.2 Å². The minimum atomic E-state index is 0.748. The highest BCUT2D eigenvalue weighted by molar-refractivity contribution is 5.48. The molecular weight excluding hydrogens is 312 g/mol. The molecule has 1 aliphatic heterocycles. The van der Waals surface area contributed by atoms with Crippen LogP contribution in [0, 0.1) is 6.92 Å². The zero-order valence-electron chi connectivity index (χ0n) is 14.6. The van der Waals surface area contributed by atoms with E-state index in [9.17, 15) is 0 Å². The van der Waals surface area contributed by atoms with E-state index in [-0.39, 0.29) is 0 Å². The summed E-state index contributed by atoms with van der Waals surface area (Å²) in [7, 11) is 2.14. The number of benzene rings is 1. The number of hydrogen-bond acceptors (Lipinski definition) is 5. The minimum absolute atomic E-state index is 0.748. The van der Waals surface area contributed by atoms with Crippen molar-refractivity contribution in [2.45, 2.75) is 26.4 Å². The zero-order chi connectivity index (χ0) is 17.2. The van der Waals surface area contributed by atoms with Crippen LogP contribution >= 0.6 is 0 Å². The van der Waals surface area contributed by atoms with Crippen LogP contribution in [0.3, 0.4) is 0 Å². The fraction of sp³-hybridized carbons (Fsp3) is 0.316. The second kappa shape index (κ2) is 6.64. The highest BCUT2D eigenvalue weighted by Crippen LogP contribution is 2.23. The van der Waals surface area contributed by atoms with Gasteiger partial charge in [-0.25, -0.2) is 14.6 Å². The van der Waals surface area contributed by atoms with E-state index in [1.807, 2.05) is 16.9 Å². The lowest BCUT2D eigenvalue weighted by atomic mass is 10.1. The average molecular weight is 334 g/mol. The molecule has 0 atom stereocenters. The van der Waals surface area contributed by atoms with Crippen LogP contribution in [-0.4, -0.2) is 38.2 Å². The van der Waals surface area contributed by atoms with Gasteiger partial charge in [-0.05, 0) is 43.3 Å². The molecule has 128 valence electrons. The van der Waals surface area contributed by atoms with Crippen LogP contribution in [0.15, 0.2) is 43.0 Å². The maximum atomic E-state index is 4.47. The van der Waals surface area contributed by atoms with Crippen molar-refractivity contribution in [2.24, 2.45) is 0 Å². The Bertz CT molecular complexity index is 872. The van der Waals surface area contributed by atoms with Crippen LogP contribution < -0.4 is 5.32 Å². The summed E-state index contributed by atoms with van der Waals surface area (Å²) >= 11 is 0. The lowest BCUT2D eigenvalue weighted by Crippen LogP contribution is -2.28. The maximum Gasteiger partial charge on any atom is 0.134 e. The van der Waals surface area contributed by atoms with Crippen molar-refractivity contribution in [3.05, 3.63) is 65.4 Å². The third-order valence-electron chi connectivity index (χ3n) is 4.73. The van der Waals surface area contributed by atoms with Crippen molar-refractivity contribution in [1.82, 2.24) is 24.6 Å². The van der Waals surface area contributed by atoms with E-state index in [1.54, 1.807) is 12.5 Å². The fourth-order valence-corrected chi connectivity index (χ4v) is 3.25. The number of aromatic nitrogens is 4. The SMILES string of the molecule is Cc1cc(-n2cccn2)ccc1CNc1ncnc2c1CN(C)CC2. The summed E-state index contributed by atoms with van der Waals surface area (Å²) in [6, 6.07) is 8.34. The Morgan fingerprint density at radius 3 is 2.96 bits per heavy atom. The molecule has 0 radical (unpaired) electrons. The maximum absolute atomic E-state index is 4.47. The first kappa shape index (κ1) is 15.8. The number of nitrogens with zero attached hydrogens (tertiary/aromatic N) is 5. The molecule has 1 aliphatic rings. The van der Waals surface area contributed by atoms with Crippen molar-refractivity contribution in [3.63, 3.8) is 0 Å². The van der Waals surface area contributed by atoms with Crippen LogP contribution in [0.25, 0.3) is 5.69 Å². The predicted molar refractivity (Wildman–Crippen MR) is 97.7 cm³/mol. The molecule has 0 saturated heterocycles. The van der Waals surface area contributed by atoms with Gasteiger partial charge in [0.1, 0.15) is 12.1 Å². The van der Waals surface area contributed by atoms with Gasteiger partial charge >= 0.3 is 0 Å². The van der Waals surface area contributed by atoms with Gasteiger partial charge in [0, 0.05) is 44.0 Å². The Hall–Kier alpha value is -2.73. The fourth-order valence-electron chi connectivity index (χ4n) is 3.25. The molecule has 25 heavy (non-hydrogen) atoms. The topological polar surface area (TPSA) is 58.9 Å². The molecule has 0 amide bonds. The van der Waals surface area contributed by atoms with Crippen molar-refractivity contribution in [2.75, 3.05) is 18.9 Å². The molecule has 1 N–H and O–H groups in total. The van der Waals surface area contributed by atoms with E-state index in [0.29, 0.717) is 0 Å². The first-order valence-corrected chi connectivity index (χ1v) is 8.55. The van der Waals surface area contributed by atoms with Gasteiger partial charge in [0.15, 0.2) is 0 Å². The summed E-state index contributed by atoms with van der Waals surface area (Å²) in [6.45, 7) is 4.83. The van der Waals surface area contributed by atoms with Gasteiger partial charge in [-0.3, -0.25) is 0 Å². The molecule has 0 fully saturated rings. The summed E-state index contributed by atoms with van der Waals surface area (Å²) in [4.78, 5) is 11.2. The highest BCUT2D eigenvalue weighted by atomic mass is 15.3. The molecule has 4 rings (SSSR count). The van der Waals surface area contributed by atoms with Gasteiger partial charge in [-0.2, -0.15) is 5.10 Å². The van der Waals surface area contributed by atoms with E-state index in [0.717, 1.165) is 37.6 Å². The summed E-state index contributed by atoms with van der Waals surface area (Å²) < 4.78 is 1.88. The normalized spacial score (nSPS) is 14.3. The summed E-state index contributed by atoms with van der Waals surface area (Å²) in [5.41, 5.74) is 5.96. The monoisotopic (exact) mass is 334 g/mol. The Kier molecular flexibility index (Phi) is 4.19. The van der Waals surface area contributed by atoms with E-state index in [2.05, 4.69) is 57.5 Å². The van der Waals surface area contributed by atoms with Gasteiger partial charge in [-0.15, -0.1) is 0 Å². The van der Waals surface area contributed by atoms with Crippen LogP contribution in [0.1, 0.15) is 22.4 Å². The number of likely N-dealkylation sites (N-methyl/N-ethyl adjacent to an activating group) is 1. The Balaban J connectivity index is 1.52. The molecule has 2 aromatic heterocycles. The summed E-state index contributed by atoms with van der Waals surface area (Å²) in [6.07, 6.45) is 6.40. The first-order chi connectivity index (χ1) is 12.2. The second-order valence-corrected chi connectivity index (χ2v) is 6.55. The number of rotatable bonds is 4. The van der Waals surface area contributed by atoms with E-state index in [4.69, 9.17) is 0 Å². The standard InChI is InChI=1S/C19H22N6/c1-14-10-16(25-8-3-7-23-25)5-4-15(14)11-20-19-17-12-24(2)9-6-18(17)21-13-22-19/h3-5,7-8,10,13H,6,9,11-12H2,1-2H3,(H,20,21,22). The molecule has 3 heterocycles. The van der Waals surface area contributed by atoms with Gasteiger partial charge in [0.2, 0.25) is 0 Å². The number of aryl methyl sites for hydroxylation is 1. The number of hydrogen-bond donors (Lipinski definition) is 1. The van der Waals surface area contributed by atoms with Crippen LogP contribution in [-0.2, 0) is 19.5 Å². The number of nitrogens with one attached hydrogen (secondary N) is 1. The molecule has 3 aromatic rings. The van der Waals surface area contributed by atoms with Crippen molar-refractivity contribution in [3.8, 4) is 5.69 Å². The minimum Gasteiger partial charge on any atom is -0.366 e. The lowest BCUT2D eigenvalue weighted by Gasteiger charge is -2.25. The van der Waals surface area contributed by atoms with Gasteiger partial charge in [0.05, 0.1) is 11.4 Å². The molecule has 0 bridgehead atoms. The lowest BCUT2D eigenvalue weighted by molar-refractivity contribution is 0.310. The molecule has 6 nitrogen and oxygen atoms in total. The number of anilines is 1. The zero-order valence-corrected chi connectivity index (χ0v) is 14.6. The molecule has 1 aromatic carbocycles. The molecule has 6 heteroatoms. The van der Waals surface area contributed by atoms with Gasteiger partial charge in [-0.1, -0.05) is 6.07 Å². The Morgan fingerprint density at radius 1 is 1.24 bits per heavy atom. The largest absolute Gasteiger partial charge is 0.366 e. The van der Waals surface area contributed by atoms with Crippen molar-refractivity contribution < 1.29 is 0 Å². The second-order valence-electron chi connectivity index (χ2n) is 6.55. The third-order valence-corrected chi connectivity index (χ3v) is 4.73. The third kappa shape index (κ3) is 3.25. The predicted octanol–water partition coefficient (Wildman–Crippen LogP) is 2.57. The number of fused-ring (bicyclic) bond motifs is 1. The summed E-state index contributed by atoms with van der Waals surface area (Å²) in [5, 5.41) is 7.79. The Labute approximate surface area is 147 Å². The molecular formula is C19H22N6. The smallest absolute Gasteiger partial charge is 0.134 e. The van der Waals surface area contributed by atoms with Crippen molar-refractivity contribution >= 4 is 5.82 Å². The average Bonchev–Trinajstić information content (AvgIpc) is 3.15. The first-order valence-electron chi connectivity index (χ1n) is 8.55. The quantitative estimate of drug-likeness (QED) is 0.795. The molecule has 0 aliphatic carbocycles. The molecule has 0 saturated carbocycles. The van der Waals surface area contributed by atoms with Crippen LogP contribution in [0.5, 0.6) is 0 Å². The van der Waals surface area contributed by atoms with E-state index in [1.165, 1.54) is 22.4 Å². The van der Waals surface area contributed by atoms with Crippen LogP contribution in [0.4, 0.5) is 5.82 Å². The Morgan fingerprint density at radius 2 is 2.16 bits per heavy atom. The molecule has 0 unspecified atom stereocenters. The van der Waals surface area contributed by atoms with E-state index < -0.39 is 0 Å². The molecule has 0 spiro atoms.